The summed E-state index contributed by atoms with van der Waals surface area (Å²) in [5.74, 6) is -2.70. The number of hydrogen-bond donors (Lipinski definition) is 1. The number of esters is 1. The molecular weight excluding hydrogens is 212 g/mol. The molecule has 0 aromatic carbocycles. The van der Waals surface area contributed by atoms with Crippen molar-refractivity contribution >= 4 is 11.9 Å². The zero-order valence-electron chi connectivity index (χ0n) is 8.80. The molecule has 5 heteroatoms. The van der Waals surface area contributed by atoms with Gasteiger partial charge in [-0.3, -0.25) is 9.59 Å². The predicted molar refractivity (Wildman–Crippen MR) is 53.7 cm³/mol. The molecule has 1 saturated heterocycles. The molecule has 1 aliphatic heterocycles. The molecule has 2 rings (SSSR count). The van der Waals surface area contributed by atoms with Gasteiger partial charge in [-0.1, -0.05) is 12.2 Å². The molecular formula is C11H14O5. The Morgan fingerprint density at radius 3 is 2.88 bits per heavy atom. The fourth-order valence-electron chi connectivity index (χ4n) is 1.80. The van der Waals surface area contributed by atoms with Crippen molar-refractivity contribution in [1.29, 1.82) is 0 Å². The van der Waals surface area contributed by atoms with Gasteiger partial charge in [0.1, 0.15) is 12.7 Å². The van der Waals surface area contributed by atoms with Crippen molar-refractivity contribution < 1.29 is 24.2 Å². The lowest BCUT2D eigenvalue weighted by Crippen LogP contribution is -2.32. The first kappa shape index (κ1) is 11.1. The number of carboxylic acids is 1. The molecule has 3 atom stereocenters. The molecule has 0 radical (unpaired) electrons. The minimum Gasteiger partial charge on any atom is -0.481 e. The van der Waals surface area contributed by atoms with Crippen LogP contribution in [0.1, 0.15) is 12.8 Å². The number of allylic oxidation sites excluding steroid dienone is 1. The van der Waals surface area contributed by atoms with Crippen molar-refractivity contribution in [2.45, 2.75) is 18.9 Å². The summed E-state index contributed by atoms with van der Waals surface area (Å²) < 4.78 is 9.94. The average molecular weight is 226 g/mol. The number of aliphatic carboxylic acids is 1. The maximum Gasteiger partial charge on any atom is 0.311 e. The first-order valence-electron chi connectivity index (χ1n) is 5.36. The van der Waals surface area contributed by atoms with Crippen LogP contribution in [0.15, 0.2) is 12.2 Å². The highest BCUT2D eigenvalue weighted by Crippen LogP contribution is 2.26. The number of ether oxygens (including phenoxy) is 2. The van der Waals surface area contributed by atoms with Gasteiger partial charge in [-0.2, -0.15) is 0 Å². The van der Waals surface area contributed by atoms with Crippen LogP contribution in [-0.2, 0) is 19.1 Å². The van der Waals surface area contributed by atoms with Crippen molar-refractivity contribution in [3.8, 4) is 0 Å². The summed E-state index contributed by atoms with van der Waals surface area (Å²) in [5, 5.41) is 8.96. The highest BCUT2D eigenvalue weighted by molar-refractivity contribution is 5.82. The smallest absolute Gasteiger partial charge is 0.311 e. The zero-order chi connectivity index (χ0) is 11.5. The highest BCUT2D eigenvalue weighted by Gasteiger charge is 2.35. The van der Waals surface area contributed by atoms with Gasteiger partial charge in [0.05, 0.1) is 18.4 Å². The summed E-state index contributed by atoms with van der Waals surface area (Å²) in [7, 11) is 0. The van der Waals surface area contributed by atoms with Crippen LogP contribution in [0, 0.1) is 11.8 Å². The van der Waals surface area contributed by atoms with Crippen LogP contribution in [0.25, 0.3) is 0 Å². The SMILES string of the molecule is O=C(O)C1C=CCCC1C(=O)OCC1CO1. The fourth-order valence-corrected chi connectivity index (χ4v) is 1.80. The molecule has 5 nitrogen and oxygen atoms in total. The van der Waals surface area contributed by atoms with E-state index in [-0.39, 0.29) is 12.7 Å². The number of carbonyl (C=O) groups is 2. The fraction of sp³-hybridized carbons (Fsp3) is 0.636. The van der Waals surface area contributed by atoms with Gasteiger partial charge in [-0.25, -0.2) is 0 Å². The van der Waals surface area contributed by atoms with E-state index in [1.54, 1.807) is 12.2 Å². The van der Waals surface area contributed by atoms with Crippen LogP contribution in [0.5, 0.6) is 0 Å². The Bertz CT molecular complexity index is 318. The molecule has 88 valence electrons. The average Bonchev–Trinajstić information content (AvgIpc) is 3.09. The molecule has 0 aromatic rings. The van der Waals surface area contributed by atoms with E-state index in [0.29, 0.717) is 13.0 Å². The second-order valence-corrected chi connectivity index (χ2v) is 4.06. The van der Waals surface area contributed by atoms with Gasteiger partial charge in [-0.05, 0) is 12.8 Å². The minimum absolute atomic E-state index is 0.0198. The summed E-state index contributed by atoms with van der Waals surface area (Å²) in [6.45, 7) is 0.867. The second kappa shape index (κ2) is 4.65. The summed E-state index contributed by atoms with van der Waals surface area (Å²) in [5.41, 5.74) is 0. The van der Waals surface area contributed by atoms with E-state index in [1.165, 1.54) is 0 Å². The van der Waals surface area contributed by atoms with Crippen molar-refractivity contribution in [1.82, 2.24) is 0 Å². The van der Waals surface area contributed by atoms with Gasteiger partial charge in [0.25, 0.3) is 0 Å². The van der Waals surface area contributed by atoms with Crippen molar-refractivity contribution in [3.63, 3.8) is 0 Å². The summed E-state index contributed by atoms with van der Waals surface area (Å²) >= 11 is 0. The molecule has 0 aromatic heterocycles. The number of rotatable bonds is 4. The van der Waals surface area contributed by atoms with Crippen LogP contribution < -0.4 is 0 Å². The monoisotopic (exact) mass is 226 g/mol. The van der Waals surface area contributed by atoms with Crippen LogP contribution in [-0.4, -0.2) is 36.4 Å². The van der Waals surface area contributed by atoms with E-state index in [2.05, 4.69) is 0 Å². The van der Waals surface area contributed by atoms with E-state index >= 15 is 0 Å². The molecule has 16 heavy (non-hydrogen) atoms. The van der Waals surface area contributed by atoms with Crippen LogP contribution >= 0.6 is 0 Å². The summed E-state index contributed by atoms with van der Waals surface area (Å²) in [4.78, 5) is 22.6. The van der Waals surface area contributed by atoms with Gasteiger partial charge >= 0.3 is 11.9 Å². The van der Waals surface area contributed by atoms with E-state index in [4.69, 9.17) is 14.6 Å². The lowest BCUT2D eigenvalue weighted by Gasteiger charge is -2.22. The minimum atomic E-state index is -0.972. The van der Waals surface area contributed by atoms with Crippen molar-refractivity contribution in [2.75, 3.05) is 13.2 Å². The Hall–Kier alpha value is -1.36. The Morgan fingerprint density at radius 1 is 1.50 bits per heavy atom. The molecule has 1 aliphatic carbocycles. The summed E-state index contributed by atoms with van der Waals surface area (Å²) in [6, 6.07) is 0. The van der Waals surface area contributed by atoms with Crippen LogP contribution in [0.4, 0.5) is 0 Å². The lowest BCUT2D eigenvalue weighted by atomic mass is 9.84. The van der Waals surface area contributed by atoms with Gasteiger partial charge in [0.15, 0.2) is 0 Å². The molecule has 0 saturated carbocycles. The maximum absolute atomic E-state index is 11.7. The van der Waals surface area contributed by atoms with Gasteiger partial charge < -0.3 is 14.6 Å². The van der Waals surface area contributed by atoms with Gasteiger partial charge in [-0.15, -0.1) is 0 Å². The Labute approximate surface area is 93.0 Å². The Balaban J connectivity index is 1.91. The predicted octanol–water partition coefficient (Wildman–Crippen LogP) is 0.595. The molecule has 0 spiro atoms. The van der Waals surface area contributed by atoms with E-state index in [1.807, 2.05) is 0 Å². The zero-order valence-corrected chi connectivity index (χ0v) is 8.80. The van der Waals surface area contributed by atoms with Crippen molar-refractivity contribution in [2.24, 2.45) is 11.8 Å². The standard InChI is InChI=1S/C11H14O5/c12-10(13)8-3-1-2-4-9(8)11(14)16-6-7-5-15-7/h1,3,7-9H,2,4-6H2,(H,12,13). The van der Waals surface area contributed by atoms with Crippen molar-refractivity contribution in [3.05, 3.63) is 12.2 Å². The van der Waals surface area contributed by atoms with E-state index < -0.39 is 23.8 Å². The number of hydrogen-bond acceptors (Lipinski definition) is 4. The topological polar surface area (TPSA) is 76.1 Å². The maximum atomic E-state index is 11.7. The normalized spacial score (nSPS) is 32.1. The molecule has 0 bridgehead atoms. The molecule has 3 unspecified atom stereocenters. The van der Waals surface area contributed by atoms with Gasteiger partial charge in [0.2, 0.25) is 0 Å². The molecule has 1 heterocycles. The third kappa shape index (κ3) is 2.61. The quantitative estimate of drug-likeness (QED) is 0.431. The van der Waals surface area contributed by atoms with E-state index in [9.17, 15) is 9.59 Å². The Morgan fingerprint density at radius 2 is 2.25 bits per heavy atom. The molecule has 0 amide bonds. The molecule has 1 fully saturated rings. The highest BCUT2D eigenvalue weighted by atomic mass is 16.6. The lowest BCUT2D eigenvalue weighted by molar-refractivity contribution is -0.157. The van der Waals surface area contributed by atoms with Crippen LogP contribution in [0.2, 0.25) is 0 Å². The first-order valence-corrected chi connectivity index (χ1v) is 5.36. The van der Waals surface area contributed by atoms with Gasteiger partial charge in [0, 0.05) is 0 Å². The largest absolute Gasteiger partial charge is 0.481 e. The first-order chi connectivity index (χ1) is 7.68. The van der Waals surface area contributed by atoms with Crippen LogP contribution in [0.3, 0.4) is 0 Å². The number of carboxylic acid groups (broad SMARTS) is 1. The Kier molecular flexibility index (Phi) is 3.24. The third-order valence-electron chi connectivity index (χ3n) is 2.82. The number of epoxide rings is 1. The molecule has 2 aliphatic rings. The summed E-state index contributed by atoms with van der Waals surface area (Å²) in [6.07, 6.45) is 4.66. The third-order valence-corrected chi connectivity index (χ3v) is 2.82. The number of carbonyl (C=O) groups excluding carboxylic acids is 1. The second-order valence-electron chi connectivity index (χ2n) is 4.06. The van der Waals surface area contributed by atoms with E-state index in [0.717, 1.165) is 6.42 Å². The molecule has 1 N–H and O–H groups in total.